The quantitative estimate of drug-likeness (QED) is 0.334. The van der Waals surface area contributed by atoms with Gasteiger partial charge in [0.25, 0.3) is 5.91 Å². The molecular weight excluding hydrogens is 408 g/mol. The molecule has 0 unspecified atom stereocenters. The molecule has 0 spiro atoms. The molecule has 1 aromatic carbocycles. The summed E-state index contributed by atoms with van der Waals surface area (Å²) in [7, 11) is 0. The molecule has 0 saturated heterocycles. The van der Waals surface area contributed by atoms with Crippen molar-refractivity contribution in [2.75, 3.05) is 0 Å². The number of carbonyl (C=O) groups excluding carboxylic acids is 3. The maximum absolute atomic E-state index is 12.9. The van der Waals surface area contributed by atoms with Gasteiger partial charge in [-0.25, -0.2) is 15.3 Å². The maximum atomic E-state index is 12.9. The zero-order valence-corrected chi connectivity index (χ0v) is 17.6. The molecule has 10 heteroatoms. The van der Waals surface area contributed by atoms with E-state index in [2.05, 4.69) is 15.6 Å². The summed E-state index contributed by atoms with van der Waals surface area (Å²) in [6.07, 6.45) is -0.0187. The number of carbonyl (C=O) groups is 3. The predicted molar refractivity (Wildman–Crippen MR) is 111 cm³/mol. The summed E-state index contributed by atoms with van der Waals surface area (Å²) >= 11 is 1.36. The smallest absolute Gasteiger partial charge is 0.408 e. The molecule has 162 valence electrons. The number of aromatic nitrogens is 1. The molecule has 0 aliphatic carbocycles. The van der Waals surface area contributed by atoms with Crippen molar-refractivity contribution in [2.24, 2.45) is 5.92 Å². The first-order chi connectivity index (χ1) is 14.4. The highest BCUT2D eigenvalue weighted by atomic mass is 32.1. The van der Waals surface area contributed by atoms with E-state index >= 15 is 0 Å². The highest BCUT2D eigenvalue weighted by molar-refractivity contribution is 7.07. The molecule has 3 atom stereocenters. The van der Waals surface area contributed by atoms with E-state index < -0.39 is 30.0 Å². The minimum absolute atomic E-state index is 0.0703. The number of benzene rings is 1. The van der Waals surface area contributed by atoms with Gasteiger partial charge in [0.15, 0.2) is 0 Å². The third kappa shape index (κ3) is 7.12. The van der Waals surface area contributed by atoms with Crippen LogP contribution in [0.5, 0.6) is 0 Å². The Morgan fingerprint density at radius 2 is 1.90 bits per heavy atom. The normalized spacial score (nSPS) is 13.6. The molecule has 0 fully saturated rings. The van der Waals surface area contributed by atoms with Gasteiger partial charge in [-0.2, -0.15) is 0 Å². The van der Waals surface area contributed by atoms with Crippen molar-refractivity contribution in [2.45, 2.75) is 45.4 Å². The Balaban J connectivity index is 2.01. The molecule has 4 N–H and O–H groups in total. The van der Waals surface area contributed by atoms with E-state index in [1.165, 1.54) is 11.3 Å². The molecule has 0 aliphatic heterocycles. The van der Waals surface area contributed by atoms with Crippen molar-refractivity contribution < 1.29 is 24.3 Å². The number of hydrogen-bond acceptors (Lipinski definition) is 7. The van der Waals surface area contributed by atoms with Crippen molar-refractivity contribution in [3.63, 3.8) is 0 Å². The summed E-state index contributed by atoms with van der Waals surface area (Å²) in [6, 6.07) is 7.21. The second-order valence-electron chi connectivity index (χ2n) is 6.79. The molecule has 30 heavy (non-hydrogen) atoms. The molecule has 2 aromatic rings. The van der Waals surface area contributed by atoms with E-state index in [1.54, 1.807) is 16.4 Å². The van der Waals surface area contributed by atoms with E-state index in [-0.39, 0.29) is 18.9 Å². The number of thiazole rings is 1. The zero-order valence-electron chi connectivity index (χ0n) is 16.8. The molecule has 3 amide bonds. The van der Waals surface area contributed by atoms with Gasteiger partial charge < -0.3 is 15.4 Å². The summed E-state index contributed by atoms with van der Waals surface area (Å²) in [5, 5.41) is 15.9. The number of ether oxygens (including phenoxy) is 1. The van der Waals surface area contributed by atoms with Gasteiger partial charge in [-0.1, -0.05) is 50.6 Å². The Bertz CT molecular complexity index is 816. The Kier molecular flexibility index (Phi) is 9.23. The van der Waals surface area contributed by atoms with E-state index in [0.29, 0.717) is 12.1 Å². The van der Waals surface area contributed by atoms with Crippen LogP contribution in [-0.4, -0.2) is 40.2 Å². The fraction of sp³-hybridized carbons (Fsp3) is 0.400. The first kappa shape index (κ1) is 23.3. The lowest BCUT2D eigenvalue weighted by Gasteiger charge is -2.25. The van der Waals surface area contributed by atoms with Crippen molar-refractivity contribution >= 4 is 29.2 Å². The number of hydrogen-bond donors (Lipinski definition) is 4. The van der Waals surface area contributed by atoms with E-state index in [4.69, 9.17) is 9.94 Å². The van der Waals surface area contributed by atoms with E-state index in [0.717, 1.165) is 5.56 Å². The molecule has 1 heterocycles. The fourth-order valence-corrected chi connectivity index (χ4v) is 3.26. The lowest BCUT2D eigenvalue weighted by atomic mass is 9.98. The topological polar surface area (TPSA) is 130 Å². The second-order valence-corrected chi connectivity index (χ2v) is 7.51. The number of amides is 3. The Labute approximate surface area is 178 Å². The van der Waals surface area contributed by atoms with Crippen molar-refractivity contribution in [1.82, 2.24) is 21.1 Å². The Morgan fingerprint density at radius 1 is 1.17 bits per heavy atom. The van der Waals surface area contributed by atoms with Crippen LogP contribution >= 0.6 is 11.3 Å². The summed E-state index contributed by atoms with van der Waals surface area (Å²) in [5.74, 6) is -1.54. The van der Waals surface area contributed by atoms with Crippen molar-refractivity contribution in [3.8, 4) is 0 Å². The number of nitrogens with one attached hydrogen (secondary N) is 3. The first-order valence-corrected chi connectivity index (χ1v) is 10.5. The first-order valence-electron chi connectivity index (χ1n) is 9.53. The fourth-order valence-electron chi connectivity index (χ4n) is 2.69. The average molecular weight is 435 g/mol. The van der Waals surface area contributed by atoms with Gasteiger partial charge in [-0.15, -0.1) is 11.3 Å². The summed E-state index contributed by atoms with van der Waals surface area (Å²) < 4.78 is 5.20. The van der Waals surface area contributed by atoms with Crippen LogP contribution in [0.2, 0.25) is 0 Å². The summed E-state index contributed by atoms with van der Waals surface area (Å²) in [6.45, 7) is 3.76. The van der Waals surface area contributed by atoms with Crippen LogP contribution in [0, 0.1) is 5.92 Å². The van der Waals surface area contributed by atoms with Crippen LogP contribution in [0.3, 0.4) is 0 Å². The number of hydroxylamine groups is 1. The molecule has 2 rings (SSSR count). The Hall–Kier alpha value is -2.98. The van der Waals surface area contributed by atoms with Crippen LogP contribution in [0.4, 0.5) is 4.79 Å². The zero-order chi connectivity index (χ0) is 21.9. The maximum Gasteiger partial charge on any atom is 0.408 e. The van der Waals surface area contributed by atoms with E-state index in [1.807, 2.05) is 44.2 Å². The van der Waals surface area contributed by atoms with Crippen LogP contribution < -0.4 is 16.1 Å². The van der Waals surface area contributed by atoms with Gasteiger partial charge in [0.05, 0.1) is 11.2 Å². The highest BCUT2D eigenvalue weighted by Gasteiger charge is 2.30. The van der Waals surface area contributed by atoms with Gasteiger partial charge in [-0.05, 0) is 11.5 Å². The van der Waals surface area contributed by atoms with Gasteiger partial charge in [0.1, 0.15) is 18.7 Å². The third-order valence-corrected chi connectivity index (χ3v) is 5.26. The predicted octanol–water partition coefficient (Wildman–Crippen LogP) is 2.02. The number of alkyl carbamates (subject to hydrolysis) is 1. The van der Waals surface area contributed by atoms with Crippen molar-refractivity contribution in [1.29, 1.82) is 0 Å². The molecule has 0 radical (unpaired) electrons. The Morgan fingerprint density at radius 3 is 2.50 bits per heavy atom. The summed E-state index contributed by atoms with van der Waals surface area (Å²) in [5.41, 5.74) is 4.58. The molecule has 9 nitrogen and oxygen atoms in total. The van der Waals surface area contributed by atoms with Gasteiger partial charge in [0.2, 0.25) is 5.91 Å². The molecular formula is C20H26N4O5S. The molecule has 0 aliphatic rings. The average Bonchev–Trinajstić information content (AvgIpc) is 3.28. The van der Waals surface area contributed by atoms with Crippen LogP contribution in [0.25, 0.3) is 0 Å². The molecule has 1 aromatic heterocycles. The van der Waals surface area contributed by atoms with Crippen LogP contribution in [0.1, 0.15) is 31.5 Å². The molecule has 0 saturated carbocycles. The van der Waals surface area contributed by atoms with Gasteiger partial charge in [0, 0.05) is 11.8 Å². The minimum atomic E-state index is -1.04. The lowest BCUT2D eigenvalue weighted by molar-refractivity contribution is -0.135. The largest absolute Gasteiger partial charge is 0.445 e. The standard InChI is InChI=1S/C20H26N4O5S/c1-3-13(2)17(23-20(27)29-10-14-7-5-4-6-8-14)19(26)22-16(18(25)24-28)9-15-11-30-12-21-15/h4-8,11-13,16-17,28H,3,9-10H2,1-2H3,(H,22,26)(H,23,27)(H,24,25)/t13-,16-,17-/m1/s1. The number of nitrogens with zero attached hydrogens (tertiary/aromatic N) is 1. The molecule has 0 bridgehead atoms. The van der Waals surface area contributed by atoms with Gasteiger partial charge in [-0.3, -0.25) is 14.8 Å². The highest BCUT2D eigenvalue weighted by Crippen LogP contribution is 2.11. The monoisotopic (exact) mass is 434 g/mol. The van der Waals surface area contributed by atoms with Crippen LogP contribution in [-0.2, 0) is 27.4 Å². The minimum Gasteiger partial charge on any atom is -0.445 e. The van der Waals surface area contributed by atoms with Gasteiger partial charge >= 0.3 is 6.09 Å². The second kappa shape index (κ2) is 11.9. The lowest BCUT2D eigenvalue weighted by Crippen LogP contribution is -2.56. The SMILES string of the molecule is CC[C@@H](C)[C@@H](NC(=O)OCc1ccccc1)C(=O)N[C@H](Cc1cscn1)C(=O)NO. The van der Waals surface area contributed by atoms with E-state index in [9.17, 15) is 14.4 Å². The third-order valence-electron chi connectivity index (χ3n) is 4.62. The number of rotatable bonds is 10. The van der Waals surface area contributed by atoms with Crippen molar-refractivity contribution in [3.05, 3.63) is 52.5 Å². The summed E-state index contributed by atoms with van der Waals surface area (Å²) in [4.78, 5) is 41.2. The van der Waals surface area contributed by atoms with Crippen LogP contribution in [0.15, 0.2) is 41.2 Å².